The molecule has 0 aliphatic carbocycles. The second kappa shape index (κ2) is 11.8. The molecule has 3 aromatic rings. The van der Waals surface area contributed by atoms with Crippen LogP contribution in [-0.4, -0.2) is 46.3 Å². The second-order valence-corrected chi connectivity index (χ2v) is 9.98. The Kier molecular flexibility index (Phi) is 8.59. The molecule has 1 aromatic heterocycles. The van der Waals surface area contributed by atoms with Gasteiger partial charge in [0.2, 0.25) is 17.6 Å². The maximum absolute atomic E-state index is 13.8. The minimum absolute atomic E-state index is 0.00747. The Morgan fingerprint density at radius 2 is 2.00 bits per heavy atom. The Bertz CT molecular complexity index is 1080. The van der Waals surface area contributed by atoms with Gasteiger partial charge in [-0.05, 0) is 45.0 Å². The van der Waals surface area contributed by atoms with Crippen molar-refractivity contribution in [2.75, 3.05) is 25.4 Å². The number of nitrogens with zero attached hydrogens (tertiary/aromatic N) is 3. The van der Waals surface area contributed by atoms with Gasteiger partial charge < -0.3 is 9.84 Å². The van der Waals surface area contributed by atoms with Crippen LogP contribution in [0, 0.1) is 18.7 Å². The van der Waals surface area contributed by atoms with Crippen molar-refractivity contribution in [3.8, 4) is 11.4 Å². The van der Waals surface area contributed by atoms with E-state index in [9.17, 15) is 9.18 Å². The van der Waals surface area contributed by atoms with Crippen molar-refractivity contribution < 1.29 is 13.7 Å². The molecule has 0 radical (unpaired) electrons. The monoisotopic (exact) mass is 502 g/mol. The summed E-state index contributed by atoms with van der Waals surface area (Å²) >= 11 is 7.61. The van der Waals surface area contributed by atoms with Crippen LogP contribution in [0.2, 0.25) is 5.02 Å². The van der Waals surface area contributed by atoms with Crippen LogP contribution in [0.15, 0.2) is 47.0 Å². The van der Waals surface area contributed by atoms with E-state index in [0.717, 1.165) is 31.5 Å². The SMILES string of the molecule is Cc1ccc(-c2noc(CN3CCC(C(=O)NCCSCc4c(F)cccc4Cl)CC3)n2)cc1. The summed E-state index contributed by atoms with van der Waals surface area (Å²) in [5.41, 5.74) is 2.64. The number of aryl methyl sites for hydroxylation is 1. The first-order chi connectivity index (χ1) is 16.5. The molecule has 34 heavy (non-hydrogen) atoms. The first-order valence-corrected chi connectivity index (χ1v) is 12.9. The summed E-state index contributed by atoms with van der Waals surface area (Å²) < 4.78 is 19.2. The number of halogens is 2. The zero-order valence-electron chi connectivity index (χ0n) is 19.1. The van der Waals surface area contributed by atoms with Crippen LogP contribution in [-0.2, 0) is 17.1 Å². The first-order valence-electron chi connectivity index (χ1n) is 11.4. The maximum Gasteiger partial charge on any atom is 0.241 e. The summed E-state index contributed by atoms with van der Waals surface area (Å²) in [5, 5.41) is 7.55. The average molecular weight is 503 g/mol. The van der Waals surface area contributed by atoms with Crippen molar-refractivity contribution in [3.63, 3.8) is 0 Å². The Labute approximate surface area is 208 Å². The minimum Gasteiger partial charge on any atom is -0.355 e. The zero-order chi connectivity index (χ0) is 23.9. The highest BCUT2D eigenvalue weighted by atomic mass is 35.5. The number of nitrogens with one attached hydrogen (secondary N) is 1. The van der Waals surface area contributed by atoms with Gasteiger partial charge in [0, 0.05) is 40.1 Å². The van der Waals surface area contributed by atoms with Crippen LogP contribution < -0.4 is 5.32 Å². The van der Waals surface area contributed by atoms with Crippen molar-refractivity contribution in [2.45, 2.75) is 32.1 Å². The summed E-state index contributed by atoms with van der Waals surface area (Å²) in [6.45, 7) is 4.79. The molecular formula is C25H28ClFN4O2S. The molecule has 1 amide bonds. The summed E-state index contributed by atoms with van der Waals surface area (Å²) in [4.78, 5) is 19.3. The van der Waals surface area contributed by atoms with Crippen molar-refractivity contribution in [3.05, 3.63) is 70.3 Å². The lowest BCUT2D eigenvalue weighted by Crippen LogP contribution is -2.40. The lowest BCUT2D eigenvalue weighted by molar-refractivity contribution is -0.126. The van der Waals surface area contributed by atoms with Gasteiger partial charge >= 0.3 is 0 Å². The molecule has 1 saturated heterocycles. The van der Waals surface area contributed by atoms with E-state index in [0.29, 0.717) is 46.9 Å². The van der Waals surface area contributed by atoms with Gasteiger partial charge in [0.05, 0.1) is 6.54 Å². The second-order valence-electron chi connectivity index (χ2n) is 8.47. The number of hydrogen-bond acceptors (Lipinski definition) is 6. The third kappa shape index (κ3) is 6.58. The molecule has 6 nitrogen and oxygen atoms in total. The molecule has 1 N–H and O–H groups in total. The molecule has 1 aliphatic heterocycles. The molecule has 180 valence electrons. The van der Waals surface area contributed by atoms with Crippen LogP contribution in [0.1, 0.15) is 29.9 Å². The molecule has 4 rings (SSSR count). The van der Waals surface area contributed by atoms with Gasteiger partial charge in [-0.15, -0.1) is 0 Å². The highest BCUT2D eigenvalue weighted by Crippen LogP contribution is 2.24. The number of rotatable bonds is 9. The van der Waals surface area contributed by atoms with Gasteiger partial charge in [-0.2, -0.15) is 16.7 Å². The highest BCUT2D eigenvalue weighted by molar-refractivity contribution is 7.98. The molecule has 0 atom stereocenters. The fraction of sp³-hybridized carbons (Fsp3) is 0.400. The normalized spacial score (nSPS) is 14.9. The Hall–Kier alpha value is -2.42. The molecule has 2 aromatic carbocycles. The van der Waals surface area contributed by atoms with E-state index in [1.54, 1.807) is 23.9 Å². The van der Waals surface area contributed by atoms with E-state index in [2.05, 4.69) is 20.4 Å². The van der Waals surface area contributed by atoms with Crippen LogP contribution in [0.5, 0.6) is 0 Å². The molecule has 0 spiro atoms. The van der Waals surface area contributed by atoms with E-state index in [1.165, 1.54) is 11.6 Å². The Morgan fingerprint density at radius 1 is 1.24 bits per heavy atom. The molecule has 2 heterocycles. The number of piperidine rings is 1. The third-order valence-corrected chi connectivity index (χ3v) is 7.29. The largest absolute Gasteiger partial charge is 0.355 e. The van der Waals surface area contributed by atoms with E-state index >= 15 is 0 Å². The standard InChI is InChI=1S/C25H28ClFN4O2S/c1-17-5-7-18(8-6-17)24-29-23(33-30-24)15-31-12-9-19(10-13-31)25(32)28-11-14-34-16-20-21(26)3-2-4-22(20)27/h2-8,19H,9-16H2,1H3,(H,28,32). The van der Waals surface area contributed by atoms with Crippen LogP contribution in [0.3, 0.4) is 0 Å². The fourth-order valence-corrected chi connectivity index (χ4v) is 5.12. The van der Waals surface area contributed by atoms with Gasteiger partial charge in [0.1, 0.15) is 5.82 Å². The third-order valence-electron chi connectivity index (χ3n) is 5.95. The number of likely N-dealkylation sites (tertiary alicyclic amines) is 1. The number of aromatic nitrogens is 2. The lowest BCUT2D eigenvalue weighted by Gasteiger charge is -2.30. The smallest absolute Gasteiger partial charge is 0.241 e. The van der Waals surface area contributed by atoms with E-state index < -0.39 is 0 Å². The van der Waals surface area contributed by atoms with Crippen LogP contribution >= 0.6 is 23.4 Å². The summed E-state index contributed by atoms with van der Waals surface area (Å²) in [6, 6.07) is 12.7. The van der Waals surface area contributed by atoms with Crippen molar-refractivity contribution in [1.82, 2.24) is 20.4 Å². The molecule has 0 unspecified atom stereocenters. The van der Waals surface area contributed by atoms with Gasteiger partial charge in [0.15, 0.2) is 0 Å². The lowest BCUT2D eigenvalue weighted by atomic mass is 9.96. The maximum atomic E-state index is 13.8. The predicted molar refractivity (Wildman–Crippen MR) is 133 cm³/mol. The summed E-state index contributed by atoms with van der Waals surface area (Å²) in [7, 11) is 0. The molecule has 0 saturated carbocycles. The van der Waals surface area contributed by atoms with E-state index in [-0.39, 0.29) is 17.6 Å². The van der Waals surface area contributed by atoms with Crippen molar-refractivity contribution >= 4 is 29.3 Å². The number of amides is 1. The van der Waals surface area contributed by atoms with Gasteiger partial charge in [0.25, 0.3) is 0 Å². The van der Waals surface area contributed by atoms with Crippen LogP contribution in [0.4, 0.5) is 4.39 Å². The average Bonchev–Trinajstić information content (AvgIpc) is 3.30. The molecule has 1 fully saturated rings. The van der Waals surface area contributed by atoms with Crippen molar-refractivity contribution in [2.24, 2.45) is 5.92 Å². The zero-order valence-corrected chi connectivity index (χ0v) is 20.7. The fourth-order valence-electron chi connectivity index (χ4n) is 3.92. The highest BCUT2D eigenvalue weighted by Gasteiger charge is 2.25. The molecule has 9 heteroatoms. The van der Waals surface area contributed by atoms with Gasteiger partial charge in [-0.1, -0.05) is 52.7 Å². The van der Waals surface area contributed by atoms with Gasteiger partial charge in [-0.25, -0.2) is 4.39 Å². The number of carbonyl (C=O) groups is 1. The topological polar surface area (TPSA) is 71.3 Å². The van der Waals surface area contributed by atoms with E-state index in [4.69, 9.17) is 16.1 Å². The number of thioether (sulfide) groups is 1. The summed E-state index contributed by atoms with van der Waals surface area (Å²) in [6.07, 6.45) is 1.59. The van der Waals surface area contributed by atoms with Crippen molar-refractivity contribution in [1.29, 1.82) is 0 Å². The van der Waals surface area contributed by atoms with E-state index in [1.807, 2.05) is 31.2 Å². The first kappa shape index (κ1) is 24.7. The number of benzene rings is 2. The quantitative estimate of drug-likeness (QED) is 0.410. The number of hydrogen-bond donors (Lipinski definition) is 1. The Balaban J connectivity index is 1.15. The van der Waals surface area contributed by atoms with Crippen LogP contribution in [0.25, 0.3) is 11.4 Å². The molecular weight excluding hydrogens is 475 g/mol. The Morgan fingerprint density at radius 3 is 2.74 bits per heavy atom. The van der Waals surface area contributed by atoms with Gasteiger partial charge in [-0.3, -0.25) is 9.69 Å². The minimum atomic E-state index is -0.289. The predicted octanol–water partition coefficient (Wildman–Crippen LogP) is 5.10. The summed E-state index contributed by atoms with van der Waals surface area (Å²) in [5.74, 6) is 2.18. The number of carbonyl (C=O) groups excluding carboxylic acids is 1. The molecule has 0 bridgehead atoms. The molecule has 1 aliphatic rings.